The summed E-state index contributed by atoms with van der Waals surface area (Å²) >= 11 is 0. The van der Waals surface area contributed by atoms with Gasteiger partial charge in [-0.05, 0) is 74.2 Å². The molecule has 47 heavy (non-hydrogen) atoms. The van der Waals surface area contributed by atoms with E-state index in [2.05, 4.69) is 24.7 Å². The van der Waals surface area contributed by atoms with E-state index >= 15 is 0 Å². The lowest BCUT2D eigenvalue weighted by Gasteiger charge is -2.42. The summed E-state index contributed by atoms with van der Waals surface area (Å²) < 4.78 is 63.1. The van der Waals surface area contributed by atoms with E-state index in [0.29, 0.717) is 58.8 Å². The normalized spacial score (nSPS) is 22.0. The molecule has 1 aliphatic heterocycles. The number of nitrogens with zero attached hydrogens (tertiary/aromatic N) is 3. The van der Waals surface area contributed by atoms with Crippen LogP contribution in [0.3, 0.4) is 0 Å². The maximum Gasteiger partial charge on any atom is 0.248 e. The van der Waals surface area contributed by atoms with Gasteiger partial charge in [0.25, 0.3) is 0 Å². The first-order valence-electron chi connectivity index (χ1n) is 16.9. The highest BCUT2D eigenvalue weighted by molar-refractivity contribution is 6.76. The van der Waals surface area contributed by atoms with Gasteiger partial charge in [0, 0.05) is 44.6 Å². The molecule has 2 aromatic carbocycles. The predicted molar refractivity (Wildman–Crippen MR) is 177 cm³/mol. The fourth-order valence-corrected chi connectivity index (χ4v) is 7.55. The van der Waals surface area contributed by atoms with Crippen LogP contribution in [0.1, 0.15) is 67.2 Å². The molecule has 1 saturated carbocycles. The topological polar surface area (TPSA) is 65.8 Å². The van der Waals surface area contributed by atoms with Crippen molar-refractivity contribution in [3.8, 4) is 0 Å². The Morgan fingerprint density at radius 2 is 1.68 bits per heavy atom. The lowest BCUT2D eigenvalue weighted by Crippen LogP contribution is -2.52. The van der Waals surface area contributed by atoms with Crippen molar-refractivity contribution in [1.29, 1.82) is 0 Å². The quantitative estimate of drug-likeness (QED) is 0.100. The minimum absolute atomic E-state index is 0.0169. The summed E-state index contributed by atoms with van der Waals surface area (Å²) in [6.07, 6.45) is 5.53. The van der Waals surface area contributed by atoms with E-state index in [1.165, 1.54) is 0 Å². The van der Waals surface area contributed by atoms with Crippen molar-refractivity contribution < 1.29 is 32.2 Å². The molecule has 2 unspecified atom stereocenters. The van der Waals surface area contributed by atoms with E-state index < -0.39 is 31.4 Å². The Morgan fingerprint density at radius 3 is 2.43 bits per heavy atom. The van der Waals surface area contributed by atoms with E-state index in [1.54, 1.807) is 6.20 Å². The largest absolute Gasteiger partial charge is 0.376 e. The molecular formula is C36H48F3N3O4Si. The standard InChI is InChI=1S/C36H48F3N3O4Si/c1-47(2,3)21-20-44-25-42-32(17-18-40-42)29-10-7-19-41(34(43)24-45-22-26-8-5-4-6-9-26)33(29)23-46-28-13-11-27(12-14-28)35-30(37)15-16-31(38)36(35)39/h4-6,8-9,15-18,27-29,33H,7,10-14,19-25H2,1-3H3/t27-,28+,29?,33?. The van der Waals surface area contributed by atoms with Crippen LogP contribution in [0.5, 0.6) is 0 Å². The van der Waals surface area contributed by atoms with Gasteiger partial charge in [-0.3, -0.25) is 4.79 Å². The highest BCUT2D eigenvalue weighted by atomic mass is 28.3. The van der Waals surface area contributed by atoms with E-state index in [9.17, 15) is 18.0 Å². The molecule has 2 atom stereocenters. The molecule has 3 aromatic rings. The van der Waals surface area contributed by atoms with Gasteiger partial charge in [-0.1, -0.05) is 50.0 Å². The van der Waals surface area contributed by atoms with E-state index in [-0.39, 0.29) is 36.1 Å². The fourth-order valence-electron chi connectivity index (χ4n) is 6.80. The average Bonchev–Trinajstić information content (AvgIpc) is 3.53. The number of hydrogen-bond donors (Lipinski definition) is 0. The van der Waals surface area contributed by atoms with Crippen molar-refractivity contribution in [3.05, 3.63) is 89.0 Å². The molecule has 1 saturated heterocycles. The highest BCUT2D eigenvalue weighted by Gasteiger charge is 2.38. The van der Waals surface area contributed by atoms with Crippen molar-refractivity contribution in [2.24, 2.45) is 0 Å². The number of carbonyl (C=O) groups excluding carboxylic acids is 1. The monoisotopic (exact) mass is 671 g/mol. The van der Waals surface area contributed by atoms with Crippen LogP contribution in [0, 0.1) is 17.5 Å². The van der Waals surface area contributed by atoms with Gasteiger partial charge in [-0.25, -0.2) is 17.9 Å². The Morgan fingerprint density at radius 1 is 0.936 bits per heavy atom. The van der Waals surface area contributed by atoms with Crippen molar-refractivity contribution >= 4 is 14.0 Å². The Hall–Kier alpha value is -2.99. The molecule has 2 aliphatic rings. The molecule has 7 nitrogen and oxygen atoms in total. The van der Waals surface area contributed by atoms with Gasteiger partial charge in [-0.15, -0.1) is 0 Å². The number of likely N-dealkylation sites (tertiary alicyclic amines) is 1. The molecule has 5 rings (SSSR count). The second-order valence-electron chi connectivity index (χ2n) is 14.0. The average molecular weight is 672 g/mol. The van der Waals surface area contributed by atoms with Gasteiger partial charge in [0.15, 0.2) is 11.6 Å². The first-order valence-corrected chi connectivity index (χ1v) is 20.6. The number of rotatable bonds is 14. The molecule has 1 aliphatic carbocycles. The van der Waals surface area contributed by atoms with Crippen molar-refractivity contribution in [2.45, 2.75) is 102 Å². The molecule has 1 aromatic heterocycles. The number of aromatic nitrogens is 2. The lowest BCUT2D eigenvalue weighted by atomic mass is 9.82. The molecule has 0 radical (unpaired) electrons. The second-order valence-corrected chi connectivity index (χ2v) is 19.7. The minimum atomic E-state index is -1.23. The minimum Gasteiger partial charge on any atom is -0.376 e. The molecule has 0 bridgehead atoms. The van der Waals surface area contributed by atoms with Crippen molar-refractivity contribution in [3.63, 3.8) is 0 Å². The molecule has 0 N–H and O–H groups in total. The molecule has 256 valence electrons. The summed E-state index contributed by atoms with van der Waals surface area (Å²) in [6, 6.07) is 14.4. The molecule has 1 amide bonds. The Balaban J connectivity index is 1.26. The van der Waals surface area contributed by atoms with Gasteiger partial charge in [0.1, 0.15) is 19.2 Å². The molecule has 0 spiro atoms. The number of halogens is 3. The fraction of sp³-hybridized carbons (Fsp3) is 0.556. The first-order chi connectivity index (χ1) is 22.6. The number of piperidine rings is 1. The number of carbonyl (C=O) groups is 1. The van der Waals surface area contributed by atoms with Gasteiger partial charge in [0.2, 0.25) is 5.91 Å². The van der Waals surface area contributed by atoms with E-state index in [4.69, 9.17) is 14.2 Å². The maximum absolute atomic E-state index is 14.5. The van der Waals surface area contributed by atoms with Crippen molar-refractivity contribution in [2.75, 3.05) is 26.4 Å². The van der Waals surface area contributed by atoms with Crippen LogP contribution in [0.25, 0.3) is 0 Å². The van der Waals surface area contributed by atoms with Crippen LogP contribution in [0.4, 0.5) is 13.2 Å². The van der Waals surface area contributed by atoms with Crippen LogP contribution in [-0.2, 0) is 32.3 Å². The Kier molecular flexibility index (Phi) is 12.3. The van der Waals surface area contributed by atoms with Gasteiger partial charge < -0.3 is 19.1 Å². The third-order valence-electron chi connectivity index (χ3n) is 9.44. The van der Waals surface area contributed by atoms with Crippen LogP contribution in [-0.4, -0.2) is 67.2 Å². The highest BCUT2D eigenvalue weighted by Crippen LogP contribution is 2.38. The first kappa shape index (κ1) is 35.3. The maximum atomic E-state index is 14.5. The molecule has 2 heterocycles. The SMILES string of the molecule is C[Si](C)(C)CCOCn1nccc1C1CCCN(C(=O)COCc2ccccc2)C1CO[C@H]1CC[C@@H](c2c(F)ccc(F)c2F)CC1. The third-order valence-corrected chi connectivity index (χ3v) is 11.1. The zero-order valence-corrected chi connectivity index (χ0v) is 28.8. The number of amides is 1. The summed E-state index contributed by atoms with van der Waals surface area (Å²) in [5.74, 6) is -3.33. The van der Waals surface area contributed by atoms with E-state index in [0.717, 1.165) is 42.3 Å². The van der Waals surface area contributed by atoms with Crippen LogP contribution in [0.2, 0.25) is 25.7 Å². The van der Waals surface area contributed by atoms with Gasteiger partial charge in [-0.2, -0.15) is 5.10 Å². The van der Waals surface area contributed by atoms with Gasteiger partial charge >= 0.3 is 0 Å². The summed E-state index contributed by atoms with van der Waals surface area (Å²) in [7, 11) is -1.23. The van der Waals surface area contributed by atoms with Gasteiger partial charge in [0.05, 0.1) is 25.4 Å². The summed E-state index contributed by atoms with van der Waals surface area (Å²) in [5, 5.41) is 4.57. The van der Waals surface area contributed by atoms with E-state index in [1.807, 2.05) is 46.0 Å². The van der Waals surface area contributed by atoms with Crippen LogP contribution in [0.15, 0.2) is 54.7 Å². The summed E-state index contributed by atoms with van der Waals surface area (Å²) in [4.78, 5) is 15.5. The number of hydrogen-bond acceptors (Lipinski definition) is 5. The Labute approximate surface area is 277 Å². The lowest BCUT2D eigenvalue weighted by molar-refractivity contribution is -0.144. The molecule has 2 fully saturated rings. The zero-order valence-electron chi connectivity index (χ0n) is 27.8. The Bertz CT molecular complexity index is 1440. The van der Waals surface area contributed by atoms with Crippen LogP contribution >= 0.6 is 0 Å². The zero-order chi connectivity index (χ0) is 33.4. The number of ether oxygens (including phenoxy) is 3. The number of benzene rings is 2. The molecule has 11 heteroatoms. The third kappa shape index (κ3) is 9.55. The summed E-state index contributed by atoms with van der Waals surface area (Å²) in [5.41, 5.74) is 1.85. The molecular weight excluding hydrogens is 623 g/mol. The summed E-state index contributed by atoms with van der Waals surface area (Å²) in [6.45, 7) is 9.23. The predicted octanol–water partition coefficient (Wildman–Crippen LogP) is 7.65. The van der Waals surface area contributed by atoms with Crippen molar-refractivity contribution in [1.82, 2.24) is 14.7 Å². The second kappa shape index (κ2) is 16.4. The smallest absolute Gasteiger partial charge is 0.248 e. The van der Waals surface area contributed by atoms with Crippen LogP contribution < -0.4 is 0 Å².